The van der Waals surface area contributed by atoms with E-state index in [1.165, 1.54) is 0 Å². The van der Waals surface area contributed by atoms with Crippen LogP contribution in [0.2, 0.25) is 0 Å². The van der Waals surface area contributed by atoms with Crippen molar-refractivity contribution < 1.29 is 9.84 Å². The molecule has 1 N–H and O–H groups in total. The van der Waals surface area contributed by atoms with Crippen LogP contribution in [0.1, 0.15) is 41.0 Å². The Bertz CT molecular complexity index is 213. The average molecular weight is 207 g/mol. The number of ether oxygens (including phenoxy) is 1. The Morgan fingerprint density at radius 1 is 1.31 bits per heavy atom. The van der Waals surface area contributed by atoms with E-state index >= 15 is 0 Å². The van der Waals surface area contributed by atoms with Gasteiger partial charge in [0.1, 0.15) is 5.60 Å². The minimum absolute atomic E-state index is 0.361. The maximum absolute atomic E-state index is 10.4. The number of aliphatic hydroxyl groups is 1. The molecule has 1 aliphatic heterocycles. The molecule has 0 saturated carbocycles. The summed E-state index contributed by atoms with van der Waals surface area (Å²) in [7, 11) is 0. The lowest BCUT2D eigenvalue weighted by atomic mass is 9.80. The van der Waals surface area contributed by atoms with Gasteiger partial charge in [-0.3, -0.25) is 0 Å². The first-order valence-electron chi connectivity index (χ1n) is 4.74. The zero-order chi connectivity index (χ0) is 10.5. The zero-order valence-electron chi connectivity index (χ0n) is 9.02. The van der Waals surface area contributed by atoms with Crippen molar-refractivity contribution >= 4 is 11.6 Å². The highest BCUT2D eigenvalue weighted by Gasteiger charge is 2.62. The third-order valence-corrected chi connectivity index (χ3v) is 4.02. The summed E-state index contributed by atoms with van der Waals surface area (Å²) in [5.74, 6) is 0. The van der Waals surface area contributed by atoms with E-state index < -0.39 is 16.8 Å². The first-order chi connectivity index (χ1) is 5.67. The fourth-order valence-electron chi connectivity index (χ4n) is 2.28. The molecule has 1 heterocycles. The van der Waals surface area contributed by atoms with Gasteiger partial charge in [-0.2, -0.15) is 0 Å². The van der Waals surface area contributed by atoms with Crippen molar-refractivity contribution in [2.24, 2.45) is 0 Å². The van der Waals surface area contributed by atoms with E-state index in [0.717, 1.165) is 0 Å². The Kier molecular flexibility index (Phi) is 2.47. The van der Waals surface area contributed by atoms with Gasteiger partial charge in [-0.25, -0.2) is 0 Å². The Labute approximate surface area is 85.2 Å². The summed E-state index contributed by atoms with van der Waals surface area (Å²) in [5.41, 5.74) is -1.97. The topological polar surface area (TPSA) is 29.5 Å². The number of hydrogen-bond donors (Lipinski definition) is 1. The van der Waals surface area contributed by atoms with Crippen molar-refractivity contribution in [1.82, 2.24) is 0 Å². The largest absolute Gasteiger partial charge is 0.385 e. The monoisotopic (exact) mass is 206 g/mol. The lowest BCUT2D eigenvalue weighted by Gasteiger charge is -2.35. The molecule has 2 nitrogen and oxygen atoms in total. The van der Waals surface area contributed by atoms with Crippen LogP contribution in [0, 0.1) is 0 Å². The molecular formula is C10H19ClO2. The highest BCUT2D eigenvalue weighted by Crippen LogP contribution is 2.49. The third-order valence-electron chi connectivity index (χ3n) is 3.13. The van der Waals surface area contributed by atoms with E-state index in [1.807, 2.05) is 34.6 Å². The molecule has 1 rings (SSSR count). The predicted octanol–water partition coefficient (Wildman–Crippen LogP) is 2.32. The van der Waals surface area contributed by atoms with E-state index in [-0.39, 0.29) is 5.38 Å². The van der Waals surface area contributed by atoms with E-state index in [0.29, 0.717) is 6.42 Å². The van der Waals surface area contributed by atoms with Gasteiger partial charge < -0.3 is 9.84 Å². The Balaban J connectivity index is 3.09. The van der Waals surface area contributed by atoms with Gasteiger partial charge in [-0.1, -0.05) is 6.92 Å². The maximum atomic E-state index is 10.4. The number of alkyl halides is 1. The van der Waals surface area contributed by atoms with E-state index in [2.05, 4.69) is 0 Å². The van der Waals surface area contributed by atoms with Crippen LogP contribution in [0.25, 0.3) is 0 Å². The van der Waals surface area contributed by atoms with Crippen LogP contribution in [-0.2, 0) is 4.74 Å². The molecule has 2 unspecified atom stereocenters. The molecule has 1 fully saturated rings. The molecule has 0 aromatic carbocycles. The first-order valence-corrected chi connectivity index (χ1v) is 5.17. The quantitative estimate of drug-likeness (QED) is 0.668. The van der Waals surface area contributed by atoms with Crippen molar-refractivity contribution in [3.05, 3.63) is 0 Å². The van der Waals surface area contributed by atoms with Gasteiger partial charge in [0.2, 0.25) is 0 Å². The molecule has 0 amide bonds. The van der Waals surface area contributed by atoms with Crippen LogP contribution in [-0.4, -0.2) is 27.3 Å². The fourth-order valence-corrected chi connectivity index (χ4v) is 2.74. The lowest BCUT2D eigenvalue weighted by molar-refractivity contribution is -0.127. The number of halogens is 1. The summed E-state index contributed by atoms with van der Waals surface area (Å²) in [4.78, 5) is 0. The number of rotatable bonds is 1. The summed E-state index contributed by atoms with van der Waals surface area (Å²) in [6.45, 7) is 9.54. The minimum Gasteiger partial charge on any atom is -0.385 e. The molecular weight excluding hydrogens is 188 g/mol. The normalized spacial score (nSPS) is 42.2. The summed E-state index contributed by atoms with van der Waals surface area (Å²) >= 11 is 6.22. The standard InChI is InChI=1S/C10H19ClO2/c1-6-10(12)7(11)8(2,3)13-9(10,4)5/h7,12H,6H2,1-5H3. The lowest BCUT2D eigenvalue weighted by Crippen LogP contribution is -2.51. The molecule has 0 bridgehead atoms. The second kappa shape index (κ2) is 2.85. The SMILES string of the molecule is CCC1(O)C(Cl)C(C)(C)OC1(C)C. The second-order valence-corrected chi connectivity index (χ2v) is 5.29. The summed E-state index contributed by atoms with van der Waals surface area (Å²) in [5, 5.41) is 10.0. The minimum atomic E-state index is -0.932. The van der Waals surface area contributed by atoms with Gasteiger partial charge in [0.15, 0.2) is 0 Å². The van der Waals surface area contributed by atoms with Crippen LogP contribution in [0.3, 0.4) is 0 Å². The Hall–Kier alpha value is 0.210. The molecule has 78 valence electrons. The van der Waals surface area contributed by atoms with Crippen molar-refractivity contribution in [3.63, 3.8) is 0 Å². The molecule has 0 aromatic heterocycles. The predicted molar refractivity (Wildman–Crippen MR) is 54.1 cm³/mol. The molecule has 3 heteroatoms. The van der Waals surface area contributed by atoms with Gasteiger partial charge in [0.25, 0.3) is 0 Å². The van der Waals surface area contributed by atoms with Gasteiger partial charge in [-0.15, -0.1) is 11.6 Å². The fraction of sp³-hybridized carbons (Fsp3) is 1.00. The van der Waals surface area contributed by atoms with Crippen molar-refractivity contribution in [2.75, 3.05) is 0 Å². The maximum Gasteiger partial charge on any atom is 0.112 e. The van der Waals surface area contributed by atoms with Gasteiger partial charge in [-0.05, 0) is 34.1 Å². The smallest absolute Gasteiger partial charge is 0.112 e. The van der Waals surface area contributed by atoms with Crippen molar-refractivity contribution in [1.29, 1.82) is 0 Å². The molecule has 1 saturated heterocycles. The highest BCUT2D eigenvalue weighted by molar-refractivity contribution is 6.22. The van der Waals surface area contributed by atoms with Crippen LogP contribution in [0.5, 0.6) is 0 Å². The van der Waals surface area contributed by atoms with Gasteiger partial charge in [0, 0.05) is 0 Å². The van der Waals surface area contributed by atoms with E-state index in [9.17, 15) is 5.11 Å². The number of hydrogen-bond acceptors (Lipinski definition) is 2. The average Bonchev–Trinajstić information content (AvgIpc) is 2.09. The first kappa shape index (κ1) is 11.3. The molecule has 0 aliphatic carbocycles. The van der Waals surface area contributed by atoms with Crippen LogP contribution in [0.4, 0.5) is 0 Å². The Morgan fingerprint density at radius 2 is 1.77 bits per heavy atom. The second-order valence-electron chi connectivity index (χ2n) is 4.86. The summed E-state index contributed by atoms with van der Waals surface area (Å²) < 4.78 is 5.77. The Morgan fingerprint density at radius 3 is 1.92 bits per heavy atom. The highest BCUT2D eigenvalue weighted by atomic mass is 35.5. The van der Waals surface area contributed by atoms with Gasteiger partial charge in [0.05, 0.1) is 16.6 Å². The summed E-state index contributed by atoms with van der Waals surface area (Å²) in [6.07, 6.45) is 0.609. The molecule has 13 heavy (non-hydrogen) atoms. The summed E-state index contributed by atoms with van der Waals surface area (Å²) in [6, 6.07) is 0. The third kappa shape index (κ3) is 1.39. The van der Waals surface area contributed by atoms with E-state index in [1.54, 1.807) is 0 Å². The molecule has 1 aliphatic rings. The van der Waals surface area contributed by atoms with Gasteiger partial charge >= 0.3 is 0 Å². The van der Waals surface area contributed by atoms with Crippen molar-refractivity contribution in [3.8, 4) is 0 Å². The molecule has 0 spiro atoms. The van der Waals surface area contributed by atoms with Crippen molar-refractivity contribution in [2.45, 2.75) is 63.2 Å². The molecule has 0 aromatic rings. The van der Waals surface area contributed by atoms with Crippen LogP contribution >= 0.6 is 11.6 Å². The van der Waals surface area contributed by atoms with E-state index in [4.69, 9.17) is 16.3 Å². The molecule has 2 atom stereocenters. The van der Waals surface area contributed by atoms with Crippen LogP contribution < -0.4 is 0 Å². The zero-order valence-corrected chi connectivity index (χ0v) is 9.77. The van der Waals surface area contributed by atoms with Crippen LogP contribution in [0.15, 0.2) is 0 Å². The molecule has 0 radical (unpaired) electrons.